The number of aromatic nitrogens is 4. The average molecular weight is 432 g/mol. The molecule has 30 heavy (non-hydrogen) atoms. The maximum Gasteiger partial charge on any atom is 0.573 e. The average Bonchev–Trinajstić information content (AvgIpc) is 3.17. The van der Waals surface area contributed by atoms with Gasteiger partial charge in [-0.15, -0.1) is 36.5 Å². The molecule has 1 unspecified atom stereocenters. The molecule has 2 aromatic carbocycles. The van der Waals surface area contributed by atoms with Gasteiger partial charge in [0.25, 0.3) is 0 Å². The Morgan fingerprint density at radius 2 is 1.20 bits per heavy atom. The van der Waals surface area contributed by atoms with Crippen molar-refractivity contribution in [2.45, 2.75) is 31.6 Å². The zero-order valence-electron chi connectivity index (χ0n) is 15.2. The number of alkyl halides is 6. The van der Waals surface area contributed by atoms with Crippen LogP contribution in [0.5, 0.6) is 11.5 Å². The fraction of sp³-hybridized carbons (Fsp3) is 0.278. The van der Waals surface area contributed by atoms with E-state index in [0.717, 1.165) is 24.3 Å². The Hall–Kier alpha value is -3.31. The first-order valence-electron chi connectivity index (χ1n) is 8.46. The Kier molecular flexibility index (Phi) is 5.85. The minimum atomic E-state index is -4.83. The molecular weight excluding hydrogens is 418 g/mol. The first kappa shape index (κ1) is 21.4. The van der Waals surface area contributed by atoms with Crippen molar-refractivity contribution in [2.24, 2.45) is 0 Å². The summed E-state index contributed by atoms with van der Waals surface area (Å²) in [6.45, 7) is 1.74. The van der Waals surface area contributed by atoms with Crippen LogP contribution < -0.4 is 9.47 Å². The molecule has 3 rings (SSSR count). The van der Waals surface area contributed by atoms with Gasteiger partial charge < -0.3 is 9.47 Å². The molecule has 0 saturated carbocycles. The summed E-state index contributed by atoms with van der Waals surface area (Å²) in [5.74, 6) is -1.31. The summed E-state index contributed by atoms with van der Waals surface area (Å²) in [7, 11) is 0. The molecule has 0 bridgehead atoms. The third-order valence-electron chi connectivity index (χ3n) is 4.16. The fourth-order valence-electron chi connectivity index (χ4n) is 3.00. The molecule has 1 aromatic heterocycles. The van der Waals surface area contributed by atoms with Crippen LogP contribution in [0.1, 0.15) is 30.0 Å². The van der Waals surface area contributed by atoms with E-state index in [9.17, 15) is 26.3 Å². The molecule has 6 nitrogen and oxygen atoms in total. The molecule has 0 radical (unpaired) electrons. The lowest BCUT2D eigenvalue weighted by atomic mass is 9.86. The summed E-state index contributed by atoms with van der Waals surface area (Å²) >= 11 is 0. The third-order valence-corrected chi connectivity index (χ3v) is 4.16. The number of ether oxygens (including phenoxy) is 2. The molecule has 0 aliphatic rings. The minimum Gasteiger partial charge on any atom is -0.406 e. The highest BCUT2D eigenvalue weighted by Crippen LogP contribution is 2.36. The van der Waals surface area contributed by atoms with Crippen molar-refractivity contribution in [1.29, 1.82) is 0 Å². The number of hydrogen-bond donors (Lipinski definition) is 0. The van der Waals surface area contributed by atoms with E-state index in [2.05, 4.69) is 24.9 Å². The van der Waals surface area contributed by atoms with Crippen LogP contribution in [0.2, 0.25) is 0 Å². The van der Waals surface area contributed by atoms with Gasteiger partial charge in [0.2, 0.25) is 0 Å². The lowest BCUT2D eigenvalue weighted by molar-refractivity contribution is -0.275. The monoisotopic (exact) mass is 432 g/mol. The van der Waals surface area contributed by atoms with Crippen LogP contribution in [-0.2, 0) is 0 Å². The third kappa shape index (κ3) is 5.61. The van der Waals surface area contributed by atoms with Gasteiger partial charge in [-0.2, -0.15) is 4.80 Å². The van der Waals surface area contributed by atoms with Crippen LogP contribution in [0.15, 0.2) is 54.9 Å². The molecule has 1 atom stereocenters. The number of rotatable bonds is 6. The van der Waals surface area contributed by atoms with E-state index >= 15 is 0 Å². The van der Waals surface area contributed by atoms with Gasteiger partial charge in [-0.3, -0.25) is 0 Å². The Morgan fingerprint density at radius 1 is 0.767 bits per heavy atom. The van der Waals surface area contributed by atoms with Crippen molar-refractivity contribution in [3.05, 3.63) is 66.0 Å². The van der Waals surface area contributed by atoms with Gasteiger partial charge in [-0.25, -0.2) is 0 Å². The van der Waals surface area contributed by atoms with Crippen LogP contribution in [0, 0.1) is 0 Å². The van der Waals surface area contributed by atoms with Crippen LogP contribution in [0.25, 0.3) is 0 Å². The normalized spacial score (nSPS) is 13.3. The molecule has 1 heterocycles. The van der Waals surface area contributed by atoms with Gasteiger partial charge >= 0.3 is 12.7 Å². The molecule has 0 saturated heterocycles. The van der Waals surface area contributed by atoms with Crippen LogP contribution in [-0.4, -0.2) is 32.9 Å². The molecule has 12 heteroatoms. The summed E-state index contributed by atoms with van der Waals surface area (Å²) in [5, 5.41) is 11.4. The fourth-order valence-corrected chi connectivity index (χ4v) is 3.00. The minimum absolute atomic E-state index is 0.398. The second kappa shape index (κ2) is 8.20. The Morgan fingerprint density at radius 3 is 1.53 bits per heavy atom. The second-order valence-electron chi connectivity index (χ2n) is 6.21. The molecule has 0 aliphatic carbocycles. The zero-order chi connectivity index (χ0) is 21.9. The number of benzene rings is 2. The van der Waals surface area contributed by atoms with Gasteiger partial charge in [-0.05, 0) is 47.5 Å². The predicted octanol–water partition coefficient (Wildman–Crippen LogP) is 4.86. The highest BCUT2D eigenvalue weighted by molar-refractivity contribution is 5.39. The molecule has 0 spiro atoms. The van der Waals surface area contributed by atoms with E-state index in [1.807, 2.05) is 0 Å². The number of halogens is 6. The Labute approximate surface area is 166 Å². The van der Waals surface area contributed by atoms with E-state index in [1.54, 1.807) is 6.92 Å². The van der Waals surface area contributed by atoms with Crippen molar-refractivity contribution in [1.82, 2.24) is 20.2 Å². The summed E-state index contributed by atoms with van der Waals surface area (Å²) in [6, 6.07) is 9.86. The SMILES string of the molecule is CC(C(c1ccc(OC(F)(F)F)cc1)c1ccc(OC(F)(F)F)cc1)n1ncnn1. The van der Waals surface area contributed by atoms with Crippen LogP contribution >= 0.6 is 0 Å². The van der Waals surface area contributed by atoms with Gasteiger partial charge in [0.05, 0.1) is 6.04 Å². The quantitative estimate of drug-likeness (QED) is 0.521. The topological polar surface area (TPSA) is 62.1 Å². The summed E-state index contributed by atoms with van der Waals surface area (Å²) in [6.07, 6.45) is -8.44. The highest BCUT2D eigenvalue weighted by Gasteiger charge is 2.32. The molecule has 0 N–H and O–H groups in total. The van der Waals surface area contributed by atoms with E-state index < -0.39 is 36.2 Å². The number of nitrogens with zero attached hydrogens (tertiary/aromatic N) is 4. The zero-order valence-corrected chi connectivity index (χ0v) is 15.2. The van der Waals surface area contributed by atoms with Crippen LogP contribution in [0.4, 0.5) is 26.3 Å². The molecule has 160 valence electrons. The maximum absolute atomic E-state index is 12.4. The van der Waals surface area contributed by atoms with E-state index in [1.165, 1.54) is 35.4 Å². The summed E-state index contributed by atoms with van der Waals surface area (Å²) in [5.41, 5.74) is 1.14. The second-order valence-corrected chi connectivity index (χ2v) is 6.21. The first-order chi connectivity index (χ1) is 14.0. The van der Waals surface area contributed by atoms with Gasteiger partial charge in [0.15, 0.2) is 6.33 Å². The first-order valence-corrected chi connectivity index (χ1v) is 8.46. The van der Waals surface area contributed by atoms with Crippen molar-refractivity contribution in [2.75, 3.05) is 0 Å². The Bertz CT molecular complexity index is 881. The van der Waals surface area contributed by atoms with E-state index in [-0.39, 0.29) is 0 Å². The Balaban J connectivity index is 1.93. The largest absolute Gasteiger partial charge is 0.573 e. The van der Waals surface area contributed by atoms with Gasteiger partial charge in [0.1, 0.15) is 11.5 Å². The number of tetrazole rings is 1. The summed E-state index contributed by atoms with van der Waals surface area (Å²) in [4.78, 5) is 1.30. The maximum atomic E-state index is 12.4. The molecule has 0 fully saturated rings. The molecule has 0 amide bonds. The van der Waals surface area contributed by atoms with E-state index in [4.69, 9.17) is 0 Å². The molecular formula is C18H14F6N4O2. The van der Waals surface area contributed by atoms with Crippen LogP contribution in [0.3, 0.4) is 0 Å². The molecule has 3 aromatic rings. The van der Waals surface area contributed by atoms with Crippen molar-refractivity contribution >= 4 is 0 Å². The lowest BCUT2D eigenvalue weighted by Gasteiger charge is -2.24. The van der Waals surface area contributed by atoms with E-state index in [0.29, 0.717) is 11.1 Å². The van der Waals surface area contributed by atoms with Gasteiger partial charge in [-0.1, -0.05) is 24.3 Å². The summed E-state index contributed by atoms with van der Waals surface area (Å²) < 4.78 is 82.1. The van der Waals surface area contributed by atoms with Crippen molar-refractivity contribution < 1.29 is 35.8 Å². The van der Waals surface area contributed by atoms with Crippen molar-refractivity contribution in [3.8, 4) is 11.5 Å². The lowest BCUT2D eigenvalue weighted by Crippen LogP contribution is -2.20. The number of hydrogen-bond acceptors (Lipinski definition) is 5. The molecule has 0 aliphatic heterocycles. The predicted molar refractivity (Wildman–Crippen MR) is 90.6 cm³/mol. The smallest absolute Gasteiger partial charge is 0.406 e. The van der Waals surface area contributed by atoms with Gasteiger partial charge in [0, 0.05) is 5.92 Å². The highest BCUT2D eigenvalue weighted by atomic mass is 19.4. The standard InChI is InChI=1S/C18H14F6N4O2/c1-11(28-26-10-25-27-28)16(12-2-6-14(7-3-12)29-17(19,20)21)13-4-8-15(9-5-13)30-18(22,23)24/h2-11,16H,1H3. The van der Waals surface area contributed by atoms with Crippen molar-refractivity contribution in [3.63, 3.8) is 0 Å².